The van der Waals surface area contributed by atoms with Crippen LogP contribution in [0.3, 0.4) is 0 Å². The van der Waals surface area contributed by atoms with Gasteiger partial charge >= 0.3 is 5.97 Å². The van der Waals surface area contributed by atoms with Crippen molar-refractivity contribution in [3.63, 3.8) is 0 Å². The Kier molecular flexibility index (Phi) is 8.01. The maximum Gasteiger partial charge on any atom is 0.338 e. The van der Waals surface area contributed by atoms with E-state index in [1.54, 1.807) is 68.4 Å². The van der Waals surface area contributed by atoms with Crippen LogP contribution in [0.2, 0.25) is 0 Å². The van der Waals surface area contributed by atoms with Crippen molar-refractivity contribution in [3.05, 3.63) is 94.1 Å². The first-order valence-electron chi connectivity index (χ1n) is 12.0. The number of imide groups is 1. The lowest BCUT2D eigenvalue weighted by molar-refractivity contribution is -0.120. The highest BCUT2D eigenvalue weighted by atomic mass is 35.5. The number of nitrogens with one attached hydrogen (secondary N) is 2. The minimum atomic E-state index is -0.696. The van der Waals surface area contributed by atoms with Gasteiger partial charge in [0.2, 0.25) is 0 Å². The van der Waals surface area contributed by atoms with E-state index in [4.69, 9.17) is 21.1 Å². The molecule has 0 bridgehead atoms. The number of hydrogen-bond donors (Lipinski definition) is 2. The molecule has 0 aromatic heterocycles. The molecular formula is C29H26ClN3O6. The zero-order valence-corrected chi connectivity index (χ0v) is 22.5. The Morgan fingerprint density at radius 3 is 2.26 bits per heavy atom. The van der Waals surface area contributed by atoms with Crippen molar-refractivity contribution in [1.29, 1.82) is 0 Å². The maximum atomic E-state index is 13.3. The fourth-order valence-electron chi connectivity index (χ4n) is 3.90. The summed E-state index contributed by atoms with van der Waals surface area (Å²) in [6.45, 7) is 5.33. The van der Waals surface area contributed by atoms with Gasteiger partial charge in [-0.25, -0.2) is 9.69 Å². The predicted molar refractivity (Wildman–Crippen MR) is 148 cm³/mol. The Morgan fingerprint density at radius 1 is 0.897 bits per heavy atom. The molecule has 4 rings (SSSR count). The minimum Gasteiger partial charge on any atom is -0.495 e. The molecule has 0 aliphatic carbocycles. The number of rotatable bonds is 8. The Labute approximate surface area is 230 Å². The Morgan fingerprint density at radius 2 is 1.56 bits per heavy atom. The number of methoxy groups -OCH3 is 1. The van der Waals surface area contributed by atoms with Crippen LogP contribution in [-0.2, 0) is 14.3 Å². The fraction of sp³-hybridized carbons (Fsp3) is 0.172. The average Bonchev–Trinajstić information content (AvgIpc) is 3.11. The summed E-state index contributed by atoms with van der Waals surface area (Å²) < 4.78 is 10.5. The first-order valence-corrected chi connectivity index (χ1v) is 12.4. The van der Waals surface area contributed by atoms with Gasteiger partial charge in [-0.1, -0.05) is 29.8 Å². The van der Waals surface area contributed by atoms with Crippen LogP contribution < -0.4 is 20.3 Å². The molecule has 0 saturated heterocycles. The molecule has 10 heteroatoms. The second-order valence-corrected chi connectivity index (χ2v) is 9.38. The van der Waals surface area contributed by atoms with Crippen molar-refractivity contribution in [2.24, 2.45) is 0 Å². The molecular weight excluding hydrogens is 522 g/mol. The van der Waals surface area contributed by atoms with E-state index in [-0.39, 0.29) is 28.1 Å². The van der Waals surface area contributed by atoms with E-state index >= 15 is 0 Å². The Hall–Kier alpha value is -4.63. The summed E-state index contributed by atoms with van der Waals surface area (Å²) in [5.74, 6) is -1.96. The van der Waals surface area contributed by atoms with Crippen LogP contribution in [-0.4, -0.2) is 36.9 Å². The molecule has 0 radical (unpaired) electrons. The number of amides is 3. The van der Waals surface area contributed by atoms with E-state index in [1.807, 2.05) is 6.92 Å². The molecule has 2 N–H and O–H groups in total. The number of nitrogens with zero attached hydrogens (tertiary/aromatic N) is 1. The van der Waals surface area contributed by atoms with E-state index in [1.165, 1.54) is 19.2 Å². The highest BCUT2D eigenvalue weighted by Gasteiger charge is 2.40. The monoisotopic (exact) mass is 547 g/mol. The molecule has 1 aliphatic heterocycles. The van der Waals surface area contributed by atoms with Gasteiger partial charge in [0, 0.05) is 16.9 Å². The van der Waals surface area contributed by atoms with Gasteiger partial charge in [-0.05, 0) is 74.9 Å². The molecule has 39 heavy (non-hydrogen) atoms. The largest absolute Gasteiger partial charge is 0.495 e. The van der Waals surface area contributed by atoms with E-state index in [0.29, 0.717) is 22.7 Å². The molecule has 1 aliphatic rings. The van der Waals surface area contributed by atoms with Crippen molar-refractivity contribution >= 4 is 52.4 Å². The average molecular weight is 548 g/mol. The lowest BCUT2D eigenvalue weighted by atomic mass is 10.1. The molecule has 3 aromatic rings. The number of carbonyl (C=O) groups is 4. The van der Waals surface area contributed by atoms with E-state index < -0.39 is 23.7 Å². The number of ether oxygens (including phenoxy) is 2. The van der Waals surface area contributed by atoms with Crippen LogP contribution in [0.4, 0.5) is 17.1 Å². The third-order valence-electron chi connectivity index (χ3n) is 5.70. The Balaban J connectivity index is 1.52. The van der Waals surface area contributed by atoms with Crippen LogP contribution in [0, 0.1) is 6.92 Å². The lowest BCUT2D eigenvalue weighted by Gasteiger charge is -2.18. The molecule has 0 atom stereocenters. The molecule has 0 unspecified atom stereocenters. The summed E-state index contributed by atoms with van der Waals surface area (Å²) in [5, 5.41) is 5.33. The molecule has 3 aromatic carbocycles. The van der Waals surface area contributed by atoms with Crippen LogP contribution in [0.5, 0.6) is 5.75 Å². The van der Waals surface area contributed by atoms with E-state index in [0.717, 1.165) is 10.5 Å². The van der Waals surface area contributed by atoms with Crippen LogP contribution in [0.1, 0.15) is 40.1 Å². The zero-order valence-electron chi connectivity index (χ0n) is 21.7. The number of carbonyl (C=O) groups excluding carboxylic acids is 4. The van der Waals surface area contributed by atoms with Crippen molar-refractivity contribution in [2.45, 2.75) is 26.9 Å². The van der Waals surface area contributed by atoms with Gasteiger partial charge in [0.15, 0.2) is 0 Å². The highest BCUT2D eigenvalue weighted by Crippen LogP contribution is 2.36. The number of benzene rings is 3. The second-order valence-electron chi connectivity index (χ2n) is 9.00. The summed E-state index contributed by atoms with van der Waals surface area (Å²) in [6, 6.07) is 17.9. The number of halogens is 1. The maximum absolute atomic E-state index is 13.3. The van der Waals surface area contributed by atoms with Crippen LogP contribution >= 0.6 is 11.6 Å². The molecule has 3 amide bonds. The van der Waals surface area contributed by atoms with Crippen LogP contribution in [0.25, 0.3) is 0 Å². The van der Waals surface area contributed by atoms with Gasteiger partial charge in [0.05, 0.1) is 24.5 Å². The van der Waals surface area contributed by atoms with Crippen molar-refractivity contribution in [3.8, 4) is 5.75 Å². The zero-order chi connectivity index (χ0) is 28.3. The molecule has 200 valence electrons. The number of hydrogen-bond acceptors (Lipinski definition) is 7. The van der Waals surface area contributed by atoms with Gasteiger partial charge in [0.1, 0.15) is 16.5 Å². The van der Waals surface area contributed by atoms with Crippen LogP contribution in [0.15, 0.2) is 77.5 Å². The number of anilines is 3. The van der Waals surface area contributed by atoms with Gasteiger partial charge in [0.25, 0.3) is 17.7 Å². The normalized spacial score (nSPS) is 13.1. The van der Waals surface area contributed by atoms with Gasteiger partial charge in [-0.15, -0.1) is 0 Å². The van der Waals surface area contributed by atoms with E-state index in [2.05, 4.69) is 10.6 Å². The van der Waals surface area contributed by atoms with E-state index in [9.17, 15) is 19.2 Å². The first-order chi connectivity index (χ1) is 18.6. The standard InChI is InChI=1S/C29H26ClN3O6/c1-16(2)39-29(37)19-8-6-10-21(15-19)32-26(34)18-7-5-9-20(14-18)31-25-24(30)27(35)33(28(25)36)22-13-17(3)11-12-23(22)38-4/h5-16,31H,1-4H3,(H,32,34). The number of esters is 1. The topological polar surface area (TPSA) is 114 Å². The summed E-state index contributed by atoms with van der Waals surface area (Å²) in [6.07, 6.45) is -0.275. The number of aryl methyl sites for hydroxylation is 1. The van der Waals surface area contributed by atoms with Crippen molar-refractivity contribution in [1.82, 2.24) is 0 Å². The molecule has 9 nitrogen and oxygen atoms in total. The summed E-state index contributed by atoms with van der Waals surface area (Å²) >= 11 is 6.28. The van der Waals surface area contributed by atoms with Gasteiger partial charge in [-0.3, -0.25) is 14.4 Å². The lowest BCUT2D eigenvalue weighted by Crippen LogP contribution is -2.32. The van der Waals surface area contributed by atoms with Gasteiger partial charge < -0.3 is 20.1 Å². The second kappa shape index (κ2) is 11.4. The smallest absolute Gasteiger partial charge is 0.338 e. The summed E-state index contributed by atoms with van der Waals surface area (Å²) in [7, 11) is 1.44. The third kappa shape index (κ3) is 5.94. The summed E-state index contributed by atoms with van der Waals surface area (Å²) in [4.78, 5) is 52.3. The third-order valence-corrected chi connectivity index (χ3v) is 6.05. The molecule has 0 fully saturated rings. The van der Waals surface area contributed by atoms with Gasteiger partial charge in [-0.2, -0.15) is 0 Å². The fourth-order valence-corrected chi connectivity index (χ4v) is 4.11. The molecule has 0 saturated carbocycles. The quantitative estimate of drug-likeness (QED) is 0.292. The first kappa shape index (κ1) is 27.4. The molecule has 0 spiro atoms. The predicted octanol–water partition coefficient (Wildman–Crippen LogP) is 5.26. The summed E-state index contributed by atoms with van der Waals surface area (Å²) in [5.41, 5.74) is 2.31. The van der Waals surface area contributed by atoms with Crippen molar-refractivity contribution < 1.29 is 28.7 Å². The molecule has 1 heterocycles. The highest BCUT2D eigenvalue weighted by molar-refractivity contribution is 6.53. The van der Waals surface area contributed by atoms with Crippen molar-refractivity contribution in [2.75, 3.05) is 22.6 Å². The minimum absolute atomic E-state index is 0.126. The Bertz CT molecular complexity index is 1510. The SMILES string of the molecule is COc1ccc(C)cc1N1C(=O)C(Cl)=C(Nc2cccc(C(=O)Nc3cccc(C(=O)OC(C)C)c3)c2)C1=O.